The molecule has 0 unspecified atom stereocenters. The fraction of sp³-hybridized carbons (Fsp3) is 0.500. The number of methoxy groups -OCH3 is 2. The molecule has 0 saturated carbocycles. The minimum absolute atomic E-state index is 0.203. The molecule has 0 spiro atoms. The summed E-state index contributed by atoms with van der Waals surface area (Å²) in [6, 6.07) is 5.35. The van der Waals surface area contributed by atoms with Crippen molar-refractivity contribution >= 4 is 29.5 Å². The van der Waals surface area contributed by atoms with E-state index in [4.69, 9.17) is 9.47 Å². The molecule has 0 aliphatic heterocycles. The molecule has 10 heteroatoms. The normalized spacial score (nSPS) is 11.8. The lowest BCUT2D eigenvalue weighted by molar-refractivity contribution is -0.141. The van der Waals surface area contributed by atoms with Crippen LogP contribution < -0.4 is 16.0 Å². The van der Waals surface area contributed by atoms with E-state index in [9.17, 15) is 9.18 Å². The molecule has 2 aromatic rings. The third kappa shape index (κ3) is 7.78. The van der Waals surface area contributed by atoms with Crippen LogP contribution in [-0.4, -0.2) is 54.3 Å². The molecule has 0 bridgehead atoms. The standard InChI is InChI=1S/C20H29FN6O3/c1-13(2)11-16(17(28)30-4)24-20-26-18(22-9-6-10-29-3)25-19(27-20)23-15-8-5-7-14(21)12-15/h5,7-8,12-13,16H,6,9-11H2,1-4H3,(H3,22,23,24,25,26,27)/t16-/m1/s1. The smallest absolute Gasteiger partial charge is 0.328 e. The third-order valence-corrected chi connectivity index (χ3v) is 4.02. The van der Waals surface area contributed by atoms with E-state index in [1.807, 2.05) is 13.8 Å². The topological polar surface area (TPSA) is 110 Å². The first-order chi connectivity index (χ1) is 14.4. The first-order valence-corrected chi connectivity index (χ1v) is 9.77. The molecule has 2 rings (SSSR count). The van der Waals surface area contributed by atoms with Gasteiger partial charge in [-0.05, 0) is 37.0 Å². The van der Waals surface area contributed by atoms with Crippen molar-refractivity contribution in [1.29, 1.82) is 0 Å². The summed E-state index contributed by atoms with van der Waals surface area (Å²) in [5.74, 6) is 0.191. The average molecular weight is 420 g/mol. The number of nitrogens with zero attached hydrogens (tertiary/aromatic N) is 3. The quantitative estimate of drug-likeness (QED) is 0.352. The molecule has 0 amide bonds. The SMILES string of the molecule is COCCCNc1nc(Nc2cccc(F)c2)nc(N[C@H](CC(C)C)C(=O)OC)n1. The Hall–Kier alpha value is -3.01. The summed E-state index contributed by atoms with van der Waals surface area (Å²) in [6.45, 7) is 5.19. The number of rotatable bonds is 12. The molecule has 0 radical (unpaired) electrons. The number of aromatic nitrogens is 3. The van der Waals surface area contributed by atoms with Gasteiger partial charge in [-0.2, -0.15) is 15.0 Å². The summed E-state index contributed by atoms with van der Waals surface area (Å²) in [5.41, 5.74) is 0.490. The van der Waals surface area contributed by atoms with Crippen molar-refractivity contribution in [2.24, 2.45) is 5.92 Å². The van der Waals surface area contributed by atoms with E-state index in [1.54, 1.807) is 19.2 Å². The van der Waals surface area contributed by atoms with Crippen molar-refractivity contribution < 1.29 is 18.7 Å². The van der Waals surface area contributed by atoms with Crippen LogP contribution >= 0.6 is 0 Å². The van der Waals surface area contributed by atoms with Crippen LogP contribution in [0.1, 0.15) is 26.7 Å². The predicted octanol–water partition coefficient (Wildman–Crippen LogP) is 3.20. The van der Waals surface area contributed by atoms with Gasteiger partial charge in [0.05, 0.1) is 7.11 Å². The van der Waals surface area contributed by atoms with Crippen LogP contribution in [-0.2, 0) is 14.3 Å². The molecule has 0 saturated heterocycles. The molecule has 1 atom stereocenters. The van der Waals surface area contributed by atoms with Crippen molar-refractivity contribution in [3.8, 4) is 0 Å². The Bertz CT molecular complexity index is 821. The third-order valence-electron chi connectivity index (χ3n) is 4.02. The largest absolute Gasteiger partial charge is 0.467 e. The van der Waals surface area contributed by atoms with Gasteiger partial charge in [-0.15, -0.1) is 0 Å². The molecular formula is C20H29FN6O3. The second-order valence-corrected chi connectivity index (χ2v) is 7.06. The monoisotopic (exact) mass is 420 g/mol. The number of esters is 1. The minimum Gasteiger partial charge on any atom is -0.467 e. The van der Waals surface area contributed by atoms with Crippen molar-refractivity contribution in [3.05, 3.63) is 30.1 Å². The van der Waals surface area contributed by atoms with Crippen molar-refractivity contribution in [1.82, 2.24) is 15.0 Å². The number of carbonyl (C=O) groups excluding carboxylic acids is 1. The van der Waals surface area contributed by atoms with Gasteiger partial charge < -0.3 is 25.4 Å². The lowest BCUT2D eigenvalue weighted by Gasteiger charge is -2.19. The Morgan fingerprint density at radius 3 is 2.53 bits per heavy atom. The maximum Gasteiger partial charge on any atom is 0.328 e. The van der Waals surface area contributed by atoms with Gasteiger partial charge in [0.1, 0.15) is 11.9 Å². The highest BCUT2D eigenvalue weighted by atomic mass is 19.1. The van der Waals surface area contributed by atoms with E-state index in [0.717, 1.165) is 6.42 Å². The van der Waals surface area contributed by atoms with Crippen LogP contribution in [0.2, 0.25) is 0 Å². The van der Waals surface area contributed by atoms with Crippen molar-refractivity contribution in [2.45, 2.75) is 32.7 Å². The van der Waals surface area contributed by atoms with Crippen LogP contribution in [0.25, 0.3) is 0 Å². The fourth-order valence-corrected chi connectivity index (χ4v) is 2.67. The maximum atomic E-state index is 13.5. The van der Waals surface area contributed by atoms with E-state index in [0.29, 0.717) is 31.2 Å². The zero-order chi connectivity index (χ0) is 21.9. The molecular weight excluding hydrogens is 391 g/mol. The summed E-state index contributed by atoms with van der Waals surface area (Å²) in [6.07, 6.45) is 1.30. The number of benzene rings is 1. The van der Waals surface area contributed by atoms with Gasteiger partial charge in [0.25, 0.3) is 0 Å². The Kier molecular flexibility index (Phi) is 9.20. The Morgan fingerprint density at radius 2 is 1.87 bits per heavy atom. The molecule has 1 heterocycles. The zero-order valence-corrected chi connectivity index (χ0v) is 17.7. The van der Waals surface area contributed by atoms with Gasteiger partial charge in [0.2, 0.25) is 17.8 Å². The van der Waals surface area contributed by atoms with Gasteiger partial charge in [0, 0.05) is 25.9 Å². The second-order valence-electron chi connectivity index (χ2n) is 7.06. The number of anilines is 4. The van der Waals surface area contributed by atoms with Crippen LogP contribution in [0.5, 0.6) is 0 Å². The number of ether oxygens (including phenoxy) is 2. The number of carbonyl (C=O) groups is 1. The second kappa shape index (κ2) is 11.9. The highest BCUT2D eigenvalue weighted by Crippen LogP contribution is 2.18. The molecule has 1 aromatic carbocycles. The minimum atomic E-state index is -0.610. The van der Waals surface area contributed by atoms with Crippen LogP contribution in [0.15, 0.2) is 24.3 Å². The van der Waals surface area contributed by atoms with Crippen molar-refractivity contribution in [3.63, 3.8) is 0 Å². The van der Waals surface area contributed by atoms with E-state index < -0.39 is 12.0 Å². The van der Waals surface area contributed by atoms with Crippen LogP contribution in [0.3, 0.4) is 0 Å². The zero-order valence-electron chi connectivity index (χ0n) is 17.7. The molecule has 0 fully saturated rings. The predicted molar refractivity (Wildman–Crippen MR) is 113 cm³/mol. The first kappa shape index (κ1) is 23.3. The van der Waals surface area contributed by atoms with E-state index in [-0.39, 0.29) is 23.6 Å². The van der Waals surface area contributed by atoms with Crippen LogP contribution in [0, 0.1) is 11.7 Å². The van der Waals surface area contributed by atoms with Crippen molar-refractivity contribution in [2.75, 3.05) is 43.3 Å². The maximum absolute atomic E-state index is 13.5. The molecule has 1 aromatic heterocycles. The Labute approximate surface area is 175 Å². The summed E-state index contributed by atoms with van der Waals surface area (Å²) in [7, 11) is 2.97. The highest BCUT2D eigenvalue weighted by molar-refractivity contribution is 5.78. The molecule has 0 aliphatic carbocycles. The van der Waals surface area contributed by atoms with Gasteiger partial charge in [-0.1, -0.05) is 19.9 Å². The lowest BCUT2D eigenvalue weighted by atomic mass is 10.0. The van der Waals surface area contributed by atoms with E-state index in [1.165, 1.54) is 19.2 Å². The van der Waals surface area contributed by atoms with Gasteiger partial charge >= 0.3 is 5.97 Å². The molecule has 9 nitrogen and oxygen atoms in total. The number of hydrogen-bond acceptors (Lipinski definition) is 9. The van der Waals surface area contributed by atoms with Gasteiger partial charge in [0.15, 0.2) is 0 Å². The summed E-state index contributed by atoms with van der Waals surface area (Å²) < 4.78 is 23.4. The molecule has 3 N–H and O–H groups in total. The lowest BCUT2D eigenvalue weighted by Crippen LogP contribution is -2.33. The number of nitrogens with one attached hydrogen (secondary N) is 3. The van der Waals surface area contributed by atoms with Crippen LogP contribution in [0.4, 0.5) is 27.9 Å². The summed E-state index contributed by atoms with van der Waals surface area (Å²) >= 11 is 0. The van der Waals surface area contributed by atoms with Gasteiger partial charge in [-0.25, -0.2) is 9.18 Å². The molecule has 164 valence electrons. The number of hydrogen-bond donors (Lipinski definition) is 3. The average Bonchev–Trinajstić information content (AvgIpc) is 2.70. The first-order valence-electron chi connectivity index (χ1n) is 9.77. The Morgan fingerprint density at radius 1 is 1.13 bits per heavy atom. The summed E-state index contributed by atoms with van der Waals surface area (Å²) in [4.78, 5) is 25.2. The van der Waals surface area contributed by atoms with E-state index >= 15 is 0 Å². The Balaban J connectivity index is 2.26. The van der Waals surface area contributed by atoms with E-state index in [2.05, 4.69) is 30.9 Å². The van der Waals surface area contributed by atoms with Gasteiger partial charge in [-0.3, -0.25) is 0 Å². The number of halogens is 1. The molecule has 0 aliphatic rings. The fourth-order valence-electron chi connectivity index (χ4n) is 2.67. The molecule has 30 heavy (non-hydrogen) atoms. The summed E-state index contributed by atoms with van der Waals surface area (Å²) in [5, 5.41) is 9.09. The highest BCUT2D eigenvalue weighted by Gasteiger charge is 2.22.